The minimum atomic E-state index is -4.45. The van der Waals surface area contributed by atoms with Gasteiger partial charge in [-0.15, -0.1) is 0 Å². The Balaban J connectivity index is 1.46. The van der Waals surface area contributed by atoms with E-state index in [0.717, 1.165) is 23.0 Å². The number of nitrogens with zero attached hydrogens (tertiary/aromatic N) is 3. The minimum absolute atomic E-state index is 0.0264. The maximum Gasteiger partial charge on any atom is 0.406 e. The predicted octanol–water partition coefficient (Wildman–Crippen LogP) is 4.89. The van der Waals surface area contributed by atoms with E-state index in [-0.39, 0.29) is 35.8 Å². The lowest BCUT2D eigenvalue weighted by Gasteiger charge is -2.12. The first-order valence-electron chi connectivity index (χ1n) is 10.9. The summed E-state index contributed by atoms with van der Waals surface area (Å²) in [5.41, 5.74) is 2.33. The normalized spacial score (nSPS) is 13.9. The number of alkyl halides is 3. The van der Waals surface area contributed by atoms with Gasteiger partial charge < -0.3 is 19.7 Å². The van der Waals surface area contributed by atoms with Crippen molar-refractivity contribution in [2.75, 3.05) is 5.32 Å². The number of aromatic nitrogens is 3. The van der Waals surface area contributed by atoms with Crippen LogP contribution in [0, 0.1) is 5.92 Å². The molecule has 10 heteroatoms. The Morgan fingerprint density at radius 1 is 1.09 bits per heavy atom. The Morgan fingerprint density at radius 3 is 2.62 bits per heavy atom. The molecule has 0 unspecified atom stereocenters. The number of carbonyl (C=O) groups is 1. The third-order valence-corrected chi connectivity index (χ3v) is 5.67. The van der Waals surface area contributed by atoms with E-state index in [1.165, 1.54) is 0 Å². The second kappa shape index (κ2) is 8.85. The van der Waals surface area contributed by atoms with Crippen LogP contribution >= 0.6 is 0 Å². The molecule has 0 saturated heterocycles. The van der Waals surface area contributed by atoms with Crippen LogP contribution in [0.15, 0.2) is 59.1 Å². The van der Waals surface area contributed by atoms with Crippen molar-refractivity contribution < 1.29 is 22.5 Å². The SMILES string of the molecule is O=C(NCc1nc(-c2cc3c(NCc4ccccc4)cccc3n2CC(F)(F)F)no1)C1CC1. The van der Waals surface area contributed by atoms with Crippen LogP contribution in [0.4, 0.5) is 18.9 Å². The van der Waals surface area contributed by atoms with Crippen molar-refractivity contribution >= 4 is 22.5 Å². The van der Waals surface area contributed by atoms with E-state index in [9.17, 15) is 18.0 Å². The first-order valence-corrected chi connectivity index (χ1v) is 10.9. The van der Waals surface area contributed by atoms with E-state index in [4.69, 9.17) is 4.52 Å². The molecule has 0 spiro atoms. The maximum atomic E-state index is 13.5. The number of hydrogen-bond donors (Lipinski definition) is 2. The van der Waals surface area contributed by atoms with Crippen LogP contribution in [0.2, 0.25) is 0 Å². The molecular weight excluding hydrogens is 447 g/mol. The van der Waals surface area contributed by atoms with Crippen LogP contribution in [0.1, 0.15) is 24.3 Å². The third-order valence-electron chi connectivity index (χ3n) is 5.67. The number of amides is 1. The van der Waals surface area contributed by atoms with E-state index in [0.29, 0.717) is 23.1 Å². The van der Waals surface area contributed by atoms with Crippen molar-refractivity contribution in [3.63, 3.8) is 0 Å². The van der Waals surface area contributed by atoms with Crippen molar-refractivity contribution in [3.8, 4) is 11.5 Å². The number of hydrogen-bond acceptors (Lipinski definition) is 5. The van der Waals surface area contributed by atoms with Crippen LogP contribution in [-0.2, 0) is 24.4 Å². The number of halogens is 3. The zero-order valence-corrected chi connectivity index (χ0v) is 18.1. The lowest BCUT2D eigenvalue weighted by atomic mass is 10.2. The quantitative estimate of drug-likeness (QED) is 0.384. The fourth-order valence-corrected chi connectivity index (χ4v) is 3.85. The number of nitrogens with one attached hydrogen (secondary N) is 2. The van der Waals surface area contributed by atoms with Gasteiger partial charge in [0.1, 0.15) is 6.54 Å². The molecule has 2 N–H and O–H groups in total. The Labute approximate surface area is 193 Å². The summed E-state index contributed by atoms with van der Waals surface area (Å²) in [4.78, 5) is 16.1. The summed E-state index contributed by atoms with van der Waals surface area (Å²) in [6.07, 6.45) is -2.73. The molecule has 1 amide bonds. The second-order valence-corrected chi connectivity index (χ2v) is 8.31. The monoisotopic (exact) mass is 469 g/mol. The van der Waals surface area contributed by atoms with Gasteiger partial charge >= 0.3 is 6.18 Å². The molecule has 34 heavy (non-hydrogen) atoms. The zero-order valence-electron chi connectivity index (χ0n) is 18.1. The Bertz CT molecular complexity index is 1310. The standard InChI is InChI=1S/C24H22F3N5O2/c25-24(26,27)14-32-19-8-4-7-18(28-12-15-5-2-1-3-6-15)17(19)11-20(32)22-30-21(34-31-22)13-29-23(33)16-9-10-16/h1-8,11,16,28H,9-10,12-14H2,(H,29,33). The summed E-state index contributed by atoms with van der Waals surface area (Å²) in [6.45, 7) is -0.644. The van der Waals surface area contributed by atoms with Crippen LogP contribution in [0.3, 0.4) is 0 Å². The van der Waals surface area contributed by atoms with E-state index in [2.05, 4.69) is 20.8 Å². The largest absolute Gasteiger partial charge is 0.406 e. The number of benzene rings is 2. The highest BCUT2D eigenvalue weighted by Gasteiger charge is 2.32. The lowest BCUT2D eigenvalue weighted by molar-refractivity contribution is -0.139. The van der Waals surface area contributed by atoms with Gasteiger partial charge in [0, 0.05) is 23.5 Å². The van der Waals surface area contributed by atoms with Gasteiger partial charge in [-0.05, 0) is 36.6 Å². The van der Waals surface area contributed by atoms with E-state index in [1.807, 2.05) is 36.4 Å². The van der Waals surface area contributed by atoms with Gasteiger partial charge in [0.05, 0.1) is 17.8 Å². The van der Waals surface area contributed by atoms with Gasteiger partial charge in [0.25, 0.3) is 0 Å². The predicted molar refractivity (Wildman–Crippen MR) is 120 cm³/mol. The van der Waals surface area contributed by atoms with Gasteiger partial charge in [0.15, 0.2) is 0 Å². The second-order valence-electron chi connectivity index (χ2n) is 8.31. The van der Waals surface area contributed by atoms with Gasteiger partial charge in [-0.2, -0.15) is 18.2 Å². The molecule has 0 aliphatic heterocycles. The first-order chi connectivity index (χ1) is 16.4. The minimum Gasteiger partial charge on any atom is -0.380 e. The third kappa shape index (κ3) is 4.90. The summed E-state index contributed by atoms with van der Waals surface area (Å²) in [5, 5.41) is 10.5. The Hall–Kier alpha value is -3.82. The van der Waals surface area contributed by atoms with Gasteiger partial charge in [-0.1, -0.05) is 41.6 Å². The lowest BCUT2D eigenvalue weighted by Crippen LogP contribution is -2.24. The van der Waals surface area contributed by atoms with Gasteiger partial charge in [0.2, 0.25) is 17.6 Å². The topological polar surface area (TPSA) is 85.0 Å². The highest BCUT2D eigenvalue weighted by molar-refractivity contribution is 5.96. The number of anilines is 1. The Kier molecular flexibility index (Phi) is 5.72. The molecule has 2 heterocycles. The van der Waals surface area contributed by atoms with E-state index >= 15 is 0 Å². The molecule has 7 nitrogen and oxygen atoms in total. The fourth-order valence-electron chi connectivity index (χ4n) is 3.85. The summed E-state index contributed by atoms with van der Waals surface area (Å²) in [6, 6.07) is 16.5. The highest BCUT2D eigenvalue weighted by Crippen LogP contribution is 2.34. The molecule has 0 radical (unpaired) electrons. The van der Waals surface area contributed by atoms with Crippen LogP contribution in [0.25, 0.3) is 22.4 Å². The number of fused-ring (bicyclic) bond motifs is 1. The summed E-state index contributed by atoms with van der Waals surface area (Å²) in [5.74, 6) is 0.110. The molecule has 1 fully saturated rings. The molecule has 4 aromatic rings. The van der Waals surface area contributed by atoms with Crippen molar-refractivity contribution in [1.82, 2.24) is 20.0 Å². The molecule has 2 aromatic heterocycles. The maximum absolute atomic E-state index is 13.5. The van der Waals surface area contributed by atoms with Gasteiger partial charge in [-0.25, -0.2) is 0 Å². The average Bonchev–Trinajstić information content (AvgIpc) is 3.47. The average molecular weight is 469 g/mol. The molecule has 5 rings (SSSR count). The molecule has 1 aliphatic carbocycles. The molecule has 176 valence electrons. The highest BCUT2D eigenvalue weighted by atomic mass is 19.4. The Morgan fingerprint density at radius 2 is 1.88 bits per heavy atom. The fraction of sp³-hybridized carbons (Fsp3) is 0.292. The molecular formula is C24H22F3N5O2. The zero-order chi connectivity index (χ0) is 23.7. The smallest absolute Gasteiger partial charge is 0.380 e. The van der Waals surface area contributed by atoms with Crippen LogP contribution in [0.5, 0.6) is 0 Å². The molecule has 1 saturated carbocycles. The van der Waals surface area contributed by atoms with Crippen molar-refractivity contribution in [1.29, 1.82) is 0 Å². The molecule has 0 atom stereocenters. The molecule has 2 aromatic carbocycles. The van der Waals surface area contributed by atoms with E-state index < -0.39 is 12.7 Å². The first kappa shape index (κ1) is 22.0. The van der Waals surface area contributed by atoms with Crippen molar-refractivity contribution in [3.05, 3.63) is 66.1 Å². The summed E-state index contributed by atoms with van der Waals surface area (Å²) in [7, 11) is 0. The summed E-state index contributed by atoms with van der Waals surface area (Å²) >= 11 is 0. The van der Waals surface area contributed by atoms with E-state index in [1.54, 1.807) is 18.2 Å². The van der Waals surface area contributed by atoms with Gasteiger partial charge in [-0.3, -0.25) is 4.79 Å². The number of carbonyl (C=O) groups excluding carboxylic acids is 1. The van der Waals surface area contributed by atoms with Crippen LogP contribution in [-0.4, -0.2) is 26.8 Å². The molecule has 1 aliphatic rings. The number of rotatable bonds is 8. The molecule has 0 bridgehead atoms. The van der Waals surface area contributed by atoms with Crippen molar-refractivity contribution in [2.24, 2.45) is 5.92 Å². The summed E-state index contributed by atoms with van der Waals surface area (Å²) < 4.78 is 46.7. The van der Waals surface area contributed by atoms with Crippen LogP contribution < -0.4 is 10.6 Å². The van der Waals surface area contributed by atoms with Crippen molar-refractivity contribution in [2.45, 2.75) is 38.7 Å².